The lowest BCUT2D eigenvalue weighted by Gasteiger charge is -2.22. The van der Waals surface area contributed by atoms with Gasteiger partial charge >= 0.3 is 12.1 Å². The van der Waals surface area contributed by atoms with Gasteiger partial charge in [0.15, 0.2) is 0 Å². The third-order valence-electron chi connectivity index (χ3n) is 3.58. The van der Waals surface area contributed by atoms with E-state index in [9.17, 15) is 9.59 Å². The SMILES string of the molecule is CCc1ccc(C[C@H](NC(=O)OC(C)(C)C)c2nnc(NC(C)=O)o2)cc1. The molecule has 8 nitrogen and oxygen atoms in total. The number of hydrogen-bond acceptors (Lipinski definition) is 6. The van der Waals surface area contributed by atoms with Crippen LogP contribution < -0.4 is 10.6 Å². The Morgan fingerprint density at radius 3 is 2.33 bits per heavy atom. The lowest BCUT2D eigenvalue weighted by molar-refractivity contribution is -0.114. The summed E-state index contributed by atoms with van der Waals surface area (Å²) in [6, 6.07) is 7.45. The monoisotopic (exact) mass is 374 g/mol. The molecule has 0 aliphatic heterocycles. The predicted molar refractivity (Wildman–Crippen MR) is 100 cm³/mol. The Hall–Kier alpha value is -2.90. The number of aromatic nitrogens is 2. The van der Waals surface area contributed by atoms with Crippen LogP contribution in [-0.4, -0.2) is 27.8 Å². The van der Waals surface area contributed by atoms with E-state index in [1.807, 2.05) is 24.3 Å². The van der Waals surface area contributed by atoms with Crippen molar-refractivity contribution >= 4 is 18.0 Å². The maximum absolute atomic E-state index is 12.2. The normalized spacial score (nSPS) is 12.3. The topological polar surface area (TPSA) is 106 Å². The van der Waals surface area contributed by atoms with E-state index in [0.29, 0.717) is 6.42 Å². The summed E-state index contributed by atoms with van der Waals surface area (Å²) < 4.78 is 10.8. The number of hydrogen-bond donors (Lipinski definition) is 2. The number of benzene rings is 1. The zero-order chi connectivity index (χ0) is 20.0. The smallest absolute Gasteiger partial charge is 0.408 e. The van der Waals surface area contributed by atoms with Gasteiger partial charge in [-0.1, -0.05) is 36.3 Å². The Bertz CT molecular complexity index is 778. The molecule has 2 aromatic rings. The number of nitrogens with zero attached hydrogens (tertiary/aromatic N) is 2. The van der Waals surface area contributed by atoms with Gasteiger partial charge in [-0.3, -0.25) is 10.1 Å². The van der Waals surface area contributed by atoms with Crippen LogP contribution in [0.25, 0.3) is 0 Å². The van der Waals surface area contributed by atoms with Gasteiger partial charge in [0.2, 0.25) is 11.8 Å². The minimum atomic E-state index is -0.631. The van der Waals surface area contributed by atoms with Crippen molar-refractivity contribution in [1.29, 1.82) is 0 Å². The van der Waals surface area contributed by atoms with E-state index < -0.39 is 17.7 Å². The van der Waals surface area contributed by atoms with Crippen molar-refractivity contribution in [2.24, 2.45) is 0 Å². The molecule has 0 fully saturated rings. The van der Waals surface area contributed by atoms with Crippen LogP contribution in [0.5, 0.6) is 0 Å². The quantitative estimate of drug-likeness (QED) is 0.803. The van der Waals surface area contributed by atoms with Gasteiger partial charge in [-0.05, 0) is 38.3 Å². The number of ether oxygens (including phenoxy) is 1. The van der Waals surface area contributed by atoms with E-state index in [-0.39, 0.29) is 17.8 Å². The van der Waals surface area contributed by atoms with E-state index in [4.69, 9.17) is 9.15 Å². The molecule has 1 heterocycles. The van der Waals surface area contributed by atoms with E-state index >= 15 is 0 Å². The fraction of sp³-hybridized carbons (Fsp3) is 0.474. The minimum Gasteiger partial charge on any atom is -0.444 e. The molecule has 146 valence electrons. The zero-order valence-corrected chi connectivity index (χ0v) is 16.3. The Kier molecular flexibility index (Phi) is 6.55. The van der Waals surface area contributed by atoms with E-state index in [1.54, 1.807) is 20.8 Å². The van der Waals surface area contributed by atoms with Gasteiger partial charge in [-0.15, -0.1) is 5.10 Å². The van der Waals surface area contributed by atoms with Gasteiger partial charge in [-0.2, -0.15) is 0 Å². The van der Waals surface area contributed by atoms with Crippen LogP contribution in [0.4, 0.5) is 10.8 Å². The molecule has 0 aliphatic rings. The zero-order valence-electron chi connectivity index (χ0n) is 16.3. The summed E-state index contributed by atoms with van der Waals surface area (Å²) in [6.45, 7) is 8.78. The molecule has 0 radical (unpaired) electrons. The second kappa shape index (κ2) is 8.66. The summed E-state index contributed by atoms with van der Waals surface area (Å²) in [7, 11) is 0. The highest BCUT2D eigenvalue weighted by Gasteiger charge is 2.25. The molecule has 0 spiro atoms. The number of carbonyl (C=O) groups excluding carboxylic acids is 2. The van der Waals surface area contributed by atoms with Crippen molar-refractivity contribution < 1.29 is 18.7 Å². The summed E-state index contributed by atoms with van der Waals surface area (Å²) in [5, 5.41) is 12.9. The molecule has 8 heteroatoms. The Balaban J connectivity index is 2.20. The van der Waals surface area contributed by atoms with Crippen LogP contribution in [-0.2, 0) is 22.4 Å². The van der Waals surface area contributed by atoms with Crippen molar-refractivity contribution in [3.63, 3.8) is 0 Å². The molecule has 2 rings (SSSR count). The maximum atomic E-state index is 12.2. The first-order valence-corrected chi connectivity index (χ1v) is 8.84. The van der Waals surface area contributed by atoms with Crippen LogP contribution in [0, 0.1) is 0 Å². The third-order valence-corrected chi connectivity index (χ3v) is 3.58. The van der Waals surface area contributed by atoms with Crippen LogP contribution >= 0.6 is 0 Å². The van der Waals surface area contributed by atoms with E-state index in [0.717, 1.165) is 12.0 Å². The number of aryl methyl sites for hydroxylation is 1. The molecule has 1 aromatic carbocycles. The minimum absolute atomic E-state index is 0.0187. The highest BCUT2D eigenvalue weighted by molar-refractivity contribution is 5.86. The Morgan fingerprint density at radius 1 is 1.15 bits per heavy atom. The molecule has 1 atom stereocenters. The first-order valence-electron chi connectivity index (χ1n) is 8.84. The van der Waals surface area contributed by atoms with Crippen molar-refractivity contribution in [1.82, 2.24) is 15.5 Å². The number of amides is 2. The van der Waals surface area contributed by atoms with Gasteiger partial charge < -0.3 is 14.5 Å². The largest absolute Gasteiger partial charge is 0.444 e. The van der Waals surface area contributed by atoms with Gasteiger partial charge in [-0.25, -0.2) is 4.79 Å². The lowest BCUT2D eigenvalue weighted by Crippen LogP contribution is -2.36. The fourth-order valence-electron chi connectivity index (χ4n) is 2.37. The Labute approximate surface area is 158 Å². The average Bonchev–Trinajstić information content (AvgIpc) is 3.01. The van der Waals surface area contributed by atoms with Crippen LogP contribution in [0.15, 0.2) is 28.7 Å². The molecular formula is C19H26N4O4. The molecule has 27 heavy (non-hydrogen) atoms. The van der Waals surface area contributed by atoms with E-state index in [2.05, 4.69) is 27.8 Å². The van der Waals surface area contributed by atoms with Gasteiger partial charge in [0.05, 0.1) is 0 Å². The van der Waals surface area contributed by atoms with Crippen LogP contribution in [0.3, 0.4) is 0 Å². The predicted octanol–water partition coefficient (Wildman–Crippen LogP) is 3.40. The molecular weight excluding hydrogens is 348 g/mol. The van der Waals surface area contributed by atoms with Crippen LogP contribution in [0.2, 0.25) is 0 Å². The van der Waals surface area contributed by atoms with Gasteiger partial charge in [0, 0.05) is 13.3 Å². The summed E-state index contributed by atoms with van der Waals surface area (Å²) in [4.78, 5) is 23.4. The number of carbonyl (C=O) groups is 2. The lowest BCUT2D eigenvalue weighted by atomic mass is 10.0. The van der Waals surface area contributed by atoms with Crippen molar-refractivity contribution in [2.45, 2.75) is 59.1 Å². The van der Waals surface area contributed by atoms with Crippen molar-refractivity contribution in [3.05, 3.63) is 41.3 Å². The average molecular weight is 374 g/mol. The number of anilines is 1. The second-order valence-corrected chi connectivity index (χ2v) is 7.20. The molecule has 0 saturated heterocycles. The van der Waals surface area contributed by atoms with Crippen molar-refractivity contribution in [2.75, 3.05) is 5.32 Å². The van der Waals surface area contributed by atoms with Gasteiger partial charge in [0.1, 0.15) is 11.6 Å². The highest BCUT2D eigenvalue weighted by atomic mass is 16.6. The molecule has 0 aliphatic carbocycles. The molecule has 1 aromatic heterocycles. The number of rotatable bonds is 6. The summed E-state index contributed by atoms with van der Waals surface area (Å²) >= 11 is 0. The highest BCUT2D eigenvalue weighted by Crippen LogP contribution is 2.21. The fourth-order valence-corrected chi connectivity index (χ4v) is 2.37. The molecule has 0 bridgehead atoms. The Morgan fingerprint density at radius 2 is 1.78 bits per heavy atom. The van der Waals surface area contributed by atoms with Crippen molar-refractivity contribution in [3.8, 4) is 0 Å². The first-order chi connectivity index (χ1) is 12.7. The second-order valence-electron chi connectivity index (χ2n) is 7.20. The summed E-state index contributed by atoms with van der Waals surface area (Å²) in [5.41, 5.74) is 1.59. The number of alkyl carbamates (subject to hydrolysis) is 1. The maximum Gasteiger partial charge on any atom is 0.408 e. The molecule has 0 unspecified atom stereocenters. The first kappa shape index (κ1) is 20.4. The molecule has 2 N–H and O–H groups in total. The third kappa shape index (κ3) is 6.73. The standard InChI is InChI=1S/C19H26N4O4/c1-6-13-7-9-14(10-8-13)11-15(21-18(25)27-19(3,4)5)16-22-23-17(26-16)20-12(2)24/h7-10,15H,6,11H2,1-5H3,(H,21,25)(H,20,23,24)/t15-/m0/s1. The molecule has 2 amide bonds. The summed E-state index contributed by atoms with van der Waals surface area (Å²) in [6.07, 6.45) is 0.797. The molecule has 0 saturated carbocycles. The van der Waals surface area contributed by atoms with Crippen LogP contribution in [0.1, 0.15) is 57.7 Å². The number of nitrogens with one attached hydrogen (secondary N) is 2. The van der Waals surface area contributed by atoms with Gasteiger partial charge in [0.25, 0.3) is 0 Å². The summed E-state index contributed by atoms with van der Waals surface area (Å²) in [5.74, 6) is -0.138. The van der Waals surface area contributed by atoms with E-state index in [1.165, 1.54) is 12.5 Å².